The lowest BCUT2D eigenvalue weighted by Gasteiger charge is -2.08. The van der Waals surface area contributed by atoms with E-state index in [1.807, 2.05) is 30.3 Å². The van der Waals surface area contributed by atoms with E-state index in [0.29, 0.717) is 16.1 Å². The number of rotatable bonds is 6. The number of carbonyl (C=O) groups excluding carboxylic acids is 2. The number of hydrogen-bond donors (Lipinski definition) is 1. The molecular weight excluding hydrogens is 376 g/mol. The normalized spacial score (nSPS) is 10.5. The summed E-state index contributed by atoms with van der Waals surface area (Å²) in [4.78, 5) is 37.8. The predicted octanol–water partition coefficient (Wildman–Crippen LogP) is 3.70. The number of carbonyl (C=O) groups is 2. The van der Waals surface area contributed by atoms with Gasteiger partial charge in [0.25, 0.3) is 5.56 Å². The van der Waals surface area contributed by atoms with E-state index in [1.165, 1.54) is 15.9 Å². The molecule has 0 unspecified atom stereocenters. The molecule has 2 heterocycles. The first-order chi connectivity index (χ1) is 13.5. The lowest BCUT2D eigenvalue weighted by molar-refractivity contribution is -0.116. The van der Waals surface area contributed by atoms with Crippen molar-refractivity contribution in [2.24, 2.45) is 0 Å². The maximum atomic E-state index is 12.5. The fraction of sp³-hybridized carbons (Fsp3) is 0.190. The Labute approximate surface area is 166 Å². The summed E-state index contributed by atoms with van der Waals surface area (Å²) in [7, 11) is 0. The van der Waals surface area contributed by atoms with Crippen LogP contribution in [0.5, 0.6) is 0 Å². The van der Waals surface area contributed by atoms with Gasteiger partial charge in [-0.15, -0.1) is 11.3 Å². The highest BCUT2D eigenvalue weighted by Gasteiger charge is 2.20. The molecule has 0 atom stereocenters. The molecule has 1 aromatic carbocycles. The van der Waals surface area contributed by atoms with Crippen molar-refractivity contribution in [1.82, 2.24) is 4.57 Å². The zero-order chi connectivity index (χ0) is 20.1. The topological polar surface area (TPSA) is 77.4 Å². The standard InChI is InChI=1S/C21H20N2O4S/c1-3-27-21(26)16-12-17(15-9-5-4-6-10-15)28-19(16)22-18(24)13-23-11-7-8-14(2)20(23)25/h4-12H,3,13H2,1-2H3,(H,22,24). The minimum atomic E-state index is -0.496. The Morgan fingerprint density at radius 3 is 2.61 bits per heavy atom. The molecule has 0 saturated heterocycles. The summed E-state index contributed by atoms with van der Waals surface area (Å²) in [6.45, 7) is 3.52. The highest BCUT2D eigenvalue weighted by atomic mass is 32.1. The quantitative estimate of drug-likeness (QED) is 0.645. The summed E-state index contributed by atoms with van der Waals surface area (Å²) >= 11 is 1.29. The number of ether oxygens (including phenoxy) is 1. The number of esters is 1. The molecule has 6 nitrogen and oxygen atoms in total. The van der Waals surface area contributed by atoms with Gasteiger partial charge in [-0.1, -0.05) is 36.4 Å². The van der Waals surface area contributed by atoms with Crippen LogP contribution < -0.4 is 10.9 Å². The smallest absolute Gasteiger partial charge is 0.341 e. The summed E-state index contributed by atoms with van der Waals surface area (Å²) in [5.41, 5.74) is 1.58. The third-order valence-electron chi connectivity index (χ3n) is 4.06. The van der Waals surface area contributed by atoms with Crippen LogP contribution in [0, 0.1) is 6.92 Å². The third-order valence-corrected chi connectivity index (χ3v) is 5.16. The van der Waals surface area contributed by atoms with Crippen molar-refractivity contribution in [3.05, 3.63) is 76.2 Å². The van der Waals surface area contributed by atoms with Crippen LogP contribution in [0.15, 0.2) is 59.5 Å². The Bertz CT molecular complexity index is 1050. The van der Waals surface area contributed by atoms with Crippen molar-refractivity contribution in [2.75, 3.05) is 11.9 Å². The first-order valence-electron chi connectivity index (χ1n) is 8.82. The zero-order valence-corrected chi connectivity index (χ0v) is 16.4. The average Bonchev–Trinajstić information content (AvgIpc) is 3.10. The van der Waals surface area contributed by atoms with Gasteiger partial charge in [-0.05, 0) is 31.5 Å². The lowest BCUT2D eigenvalue weighted by atomic mass is 10.1. The van der Waals surface area contributed by atoms with Crippen molar-refractivity contribution in [3.63, 3.8) is 0 Å². The average molecular weight is 396 g/mol. The highest BCUT2D eigenvalue weighted by Crippen LogP contribution is 2.35. The molecule has 0 aliphatic rings. The van der Waals surface area contributed by atoms with E-state index >= 15 is 0 Å². The van der Waals surface area contributed by atoms with Crippen LogP contribution in [0.4, 0.5) is 5.00 Å². The first-order valence-corrected chi connectivity index (χ1v) is 9.63. The van der Waals surface area contributed by atoms with E-state index in [-0.39, 0.29) is 24.6 Å². The van der Waals surface area contributed by atoms with Gasteiger partial charge in [-0.3, -0.25) is 9.59 Å². The minimum absolute atomic E-state index is 0.138. The summed E-state index contributed by atoms with van der Waals surface area (Å²) in [5.74, 6) is -0.885. The molecule has 0 saturated carbocycles. The predicted molar refractivity (Wildman–Crippen MR) is 110 cm³/mol. The minimum Gasteiger partial charge on any atom is -0.462 e. The van der Waals surface area contributed by atoms with Crippen LogP contribution in [0.1, 0.15) is 22.8 Å². The van der Waals surface area contributed by atoms with Gasteiger partial charge in [0.1, 0.15) is 11.5 Å². The SMILES string of the molecule is CCOC(=O)c1cc(-c2ccccc2)sc1NC(=O)Cn1cccc(C)c1=O. The molecule has 0 aliphatic carbocycles. The summed E-state index contributed by atoms with van der Waals surface area (Å²) in [6.07, 6.45) is 1.56. The molecule has 2 aromatic heterocycles. The number of hydrogen-bond acceptors (Lipinski definition) is 5. The molecule has 3 rings (SSSR count). The Kier molecular flexibility index (Phi) is 6.06. The number of aromatic nitrogens is 1. The molecule has 0 spiro atoms. The fourth-order valence-electron chi connectivity index (χ4n) is 2.69. The van der Waals surface area contributed by atoms with Gasteiger partial charge in [0, 0.05) is 16.6 Å². The Balaban J connectivity index is 1.88. The largest absolute Gasteiger partial charge is 0.462 e. The number of nitrogens with zero attached hydrogens (tertiary/aromatic N) is 1. The zero-order valence-electron chi connectivity index (χ0n) is 15.6. The Morgan fingerprint density at radius 1 is 1.14 bits per heavy atom. The van der Waals surface area contributed by atoms with E-state index < -0.39 is 5.97 Å². The van der Waals surface area contributed by atoms with Crippen LogP contribution in [-0.4, -0.2) is 23.1 Å². The van der Waals surface area contributed by atoms with Crippen LogP contribution in [0.25, 0.3) is 10.4 Å². The molecule has 0 aliphatic heterocycles. The number of pyridine rings is 1. The number of thiophene rings is 1. The van der Waals surface area contributed by atoms with Gasteiger partial charge in [-0.2, -0.15) is 0 Å². The van der Waals surface area contributed by atoms with Gasteiger partial charge in [-0.25, -0.2) is 4.79 Å². The Morgan fingerprint density at radius 2 is 1.89 bits per heavy atom. The number of amides is 1. The second-order valence-corrected chi connectivity index (χ2v) is 7.16. The summed E-state index contributed by atoms with van der Waals surface area (Å²) in [5, 5.41) is 3.16. The fourth-order valence-corrected chi connectivity index (χ4v) is 3.76. The van der Waals surface area contributed by atoms with Gasteiger partial charge >= 0.3 is 5.97 Å². The van der Waals surface area contributed by atoms with E-state index in [9.17, 15) is 14.4 Å². The second kappa shape index (κ2) is 8.67. The second-order valence-electron chi connectivity index (χ2n) is 6.11. The monoisotopic (exact) mass is 396 g/mol. The van der Waals surface area contributed by atoms with Crippen LogP contribution in [-0.2, 0) is 16.1 Å². The van der Waals surface area contributed by atoms with E-state index in [0.717, 1.165) is 10.4 Å². The summed E-state index contributed by atoms with van der Waals surface area (Å²) in [6, 6.07) is 14.7. The maximum Gasteiger partial charge on any atom is 0.341 e. The highest BCUT2D eigenvalue weighted by molar-refractivity contribution is 7.20. The molecule has 144 valence electrons. The molecule has 0 bridgehead atoms. The number of benzene rings is 1. The molecule has 1 amide bonds. The van der Waals surface area contributed by atoms with Crippen LogP contribution in [0.2, 0.25) is 0 Å². The van der Waals surface area contributed by atoms with E-state index in [4.69, 9.17) is 4.74 Å². The lowest BCUT2D eigenvalue weighted by Crippen LogP contribution is -2.28. The first kappa shape index (κ1) is 19.6. The van der Waals surface area contributed by atoms with E-state index in [2.05, 4.69) is 5.32 Å². The number of aryl methyl sites for hydroxylation is 1. The van der Waals surface area contributed by atoms with Gasteiger partial charge in [0.2, 0.25) is 5.91 Å². The molecule has 7 heteroatoms. The van der Waals surface area contributed by atoms with Gasteiger partial charge < -0.3 is 14.6 Å². The van der Waals surface area contributed by atoms with Crippen molar-refractivity contribution < 1.29 is 14.3 Å². The summed E-state index contributed by atoms with van der Waals surface area (Å²) < 4.78 is 6.45. The molecule has 3 aromatic rings. The maximum absolute atomic E-state index is 12.5. The molecular formula is C21H20N2O4S. The van der Waals surface area contributed by atoms with Crippen LogP contribution >= 0.6 is 11.3 Å². The number of nitrogens with one attached hydrogen (secondary N) is 1. The van der Waals surface area contributed by atoms with Crippen LogP contribution in [0.3, 0.4) is 0 Å². The van der Waals surface area contributed by atoms with Crippen molar-refractivity contribution in [1.29, 1.82) is 0 Å². The van der Waals surface area contributed by atoms with Crippen molar-refractivity contribution >= 4 is 28.2 Å². The van der Waals surface area contributed by atoms with Crippen molar-refractivity contribution in [2.45, 2.75) is 20.4 Å². The molecule has 1 N–H and O–H groups in total. The molecule has 0 fully saturated rings. The Hall–Kier alpha value is -3.19. The van der Waals surface area contributed by atoms with E-state index in [1.54, 1.807) is 38.2 Å². The van der Waals surface area contributed by atoms with Gasteiger partial charge in [0.05, 0.1) is 12.2 Å². The molecule has 0 radical (unpaired) electrons. The van der Waals surface area contributed by atoms with Crippen molar-refractivity contribution in [3.8, 4) is 10.4 Å². The third kappa shape index (κ3) is 4.37. The number of anilines is 1. The molecule has 28 heavy (non-hydrogen) atoms. The van der Waals surface area contributed by atoms with Gasteiger partial charge in [0.15, 0.2) is 0 Å².